The van der Waals surface area contributed by atoms with Crippen molar-refractivity contribution >= 4 is 28.4 Å². The molecule has 1 heterocycles. The molecular weight excluding hydrogens is 358 g/mol. The Morgan fingerprint density at radius 3 is 2.78 bits per heavy atom. The Bertz CT molecular complexity index is 992. The van der Waals surface area contributed by atoms with Gasteiger partial charge in [-0.25, -0.2) is 0 Å². The van der Waals surface area contributed by atoms with Crippen LogP contribution >= 0.6 is 11.6 Å². The van der Waals surface area contributed by atoms with E-state index in [1.807, 2.05) is 50.5 Å². The number of aromatic amines is 1. The minimum atomic E-state index is -0.0561. The molecule has 1 aliphatic rings. The summed E-state index contributed by atoms with van der Waals surface area (Å²) in [6, 6.07) is 13.8. The summed E-state index contributed by atoms with van der Waals surface area (Å²) in [6.45, 7) is 0.492. The van der Waals surface area contributed by atoms with Gasteiger partial charge in [0.2, 0.25) is 0 Å². The van der Waals surface area contributed by atoms with Crippen LogP contribution in [0.4, 0.5) is 0 Å². The zero-order valence-electron chi connectivity index (χ0n) is 15.7. The molecule has 1 atom stereocenters. The van der Waals surface area contributed by atoms with E-state index in [4.69, 9.17) is 11.6 Å². The second kappa shape index (κ2) is 7.37. The highest BCUT2D eigenvalue weighted by molar-refractivity contribution is 6.31. The lowest BCUT2D eigenvalue weighted by atomic mass is 10.0. The van der Waals surface area contributed by atoms with E-state index < -0.39 is 0 Å². The van der Waals surface area contributed by atoms with Crippen LogP contribution in [0.2, 0.25) is 5.02 Å². The monoisotopic (exact) mass is 381 g/mol. The van der Waals surface area contributed by atoms with Gasteiger partial charge in [0.1, 0.15) is 0 Å². The van der Waals surface area contributed by atoms with Gasteiger partial charge in [-0.1, -0.05) is 41.9 Å². The van der Waals surface area contributed by atoms with Crippen molar-refractivity contribution in [1.29, 1.82) is 0 Å². The molecule has 2 N–H and O–H groups in total. The van der Waals surface area contributed by atoms with Crippen molar-refractivity contribution in [2.24, 2.45) is 0 Å². The molecule has 27 heavy (non-hydrogen) atoms. The normalized spacial score (nSPS) is 14.5. The van der Waals surface area contributed by atoms with Gasteiger partial charge in [0.25, 0.3) is 5.91 Å². The minimum absolute atomic E-state index is 0.00972. The molecule has 4 nitrogen and oxygen atoms in total. The van der Waals surface area contributed by atoms with Gasteiger partial charge in [0.15, 0.2) is 0 Å². The highest BCUT2D eigenvalue weighted by Gasteiger charge is 2.22. The van der Waals surface area contributed by atoms with Crippen LogP contribution in [0.5, 0.6) is 0 Å². The summed E-state index contributed by atoms with van der Waals surface area (Å²) in [5.41, 5.74) is 5.34. The van der Waals surface area contributed by atoms with Crippen molar-refractivity contribution in [3.05, 3.63) is 69.9 Å². The lowest BCUT2D eigenvalue weighted by Crippen LogP contribution is -2.34. The first kappa shape index (κ1) is 18.1. The third kappa shape index (κ3) is 3.35. The number of aryl methyl sites for hydroxylation is 2. The molecule has 4 rings (SSSR count). The van der Waals surface area contributed by atoms with Gasteiger partial charge in [0.05, 0.1) is 17.1 Å². The van der Waals surface area contributed by atoms with Gasteiger partial charge in [-0.3, -0.25) is 4.79 Å². The Morgan fingerprint density at radius 2 is 2.00 bits per heavy atom. The Kier molecular flexibility index (Phi) is 4.94. The first-order valence-electron chi connectivity index (χ1n) is 9.37. The van der Waals surface area contributed by atoms with E-state index in [9.17, 15) is 4.79 Å². The third-order valence-electron chi connectivity index (χ3n) is 5.47. The zero-order valence-corrected chi connectivity index (χ0v) is 16.4. The lowest BCUT2D eigenvalue weighted by Gasteiger charge is -2.26. The van der Waals surface area contributed by atoms with Crippen molar-refractivity contribution in [3.63, 3.8) is 0 Å². The predicted molar refractivity (Wildman–Crippen MR) is 111 cm³/mol. The Labute approximate surface area is 164 Å². The van der Waals surface area contributed by atoms with Crippen LogP contribution in [-0.4, -0.2) is 36.4 Å². The molecule has 5 heteroatoms. The fourth-order valence-corrected chi connectivity index (χ4v) is 4.32. The number of benzene rings is 2. The van der Waals surface area contributed by atoms with E-state index >= 15 is 0 Å². The summed E-state index contributed by atoms with van der Waals surface area (Å²) in [7, 11) is 3.99. The summed E-state index contributed by atoms with van der Waals surface area (Å²) in [5.74, 6) is -0.0561. The number of carbonyl (C=O) groups excluding carboxylic acids is 1. The second-order valence-electron chi connectivity index (χ2n) is 7.37. The first-order chi connectivity index (χ1) is 13.1. The molecule has 0 unspecified atom stereocenters. The molecule has 0 radical (unpaired) electrons. The number of halogens is 1. The summed E-state index contributed by atoms with van der Waals surface area (Å²) < 4.78 is 0. The fraction of sp³-hybridized carbons (Fsp3) is 0.318. The summed E-state index contributed by atoms with van der Waals surface area (Å²) in [4.78, 5) is 18.5. The molecule has 1 amide bonds. The molecule has 2 aromatic carbocycles. The zero-order chi connectivity index (χ0) is 19.0. The number of amides is 1. The summed E-state index contributed by atoms with van der Waals surface area (Å²) in [5, 5.41) is 5.01. The quantitative estimate of drug-likeness (QED) is 0.690. The van der Waals surface area contributed by atoms with Gasteiger partial charge in [0, 0.05) is 22.6 Å². The predicted octanol–water partition coefficient (Wildman–Crippen LogP) is 4.34. The van der Waals surface area contributed by atoms with Crippen LogP contribution in [0.3, 0.4) is 0 Å². The summed E-state index contributed by atoms with van der Waals surface area (Å²) in [6.07, 6.45) is 3.35. The smallest absolute Gasteiger partial charge is 0.253 e. The molecule has 1 aromatic heterocycles. The number of nitrogens with one attached hydrogen (secondary N) is 2. The Morgan fingerprint density at radius 1 is 1.19 bits per heavy atom. The number of hydrogen-bond acceptors (Lipinski definition) is 2. The van der Waals surface area contributed by atoms with Crippen LogP contribution in [-0.2, 0) is 12.8 Å². The van der Waals surface area contributed by atoms with E-state index in [1.54, 1.807) is 0 Å². The second-order valence-corrected chi connectivity index (χ2v) is 7.78. The number of fused-ring (bicyclic) bond motifs is 3. The SMILES string of the molecule is CN(C)[C@H](CNC(=O)c1cccc2c3c([nH]c12)CCC3)c1ccccc1Cl. The molecule has 0 aliphatic heterocycles. The van der Waals surface area contributed by atoms with E-state index in [2.05, 4.69) is 21.3 Å². The van der Waals surface area contributed by atoms with Crippen LogP contribution in [0, 0.1) is 0 Å². The lowest BCUT2D eigenvalue weighted by molar-refractivity contribution is 0.0943. The molecule has 0 saturated heterocycles. The largest absolute Gasteiger partial charge is 0.358 e. The number of para-hydroxylation sites is 1. The maximum absolute atomic E-state index is 12.9. The topological polar surface area (TPSA) is 48.1 Å². The van der Waals surface area contributed by atoms with Gasteiger partial charge in [-0.15, -0.1) is 0 Å². The van der Waals surface area contributed by atoms with Gasteiger partial charge in [-0.05, 0) is 56.6 Å². The summed E-state index contributed by atoms with van der Waals surface area (Å²) >= 11 is 6.37. The van der Waals surface area contributed by atoms with Crippen molar-refractivity contribution in [2.75, 3.05) is 20.6 Å². The number of hydrogen-bond donors (Lipinski definition) is 2. The molecular formula is C22H24ClN3O. The Balaban J connectivity index is 1.57. The van der Waals surface area contributed by atoms with E-state index in [1.165, 1.54) is 23.1 Å². The number of H-pyrrole nitrogens is 1. The van der Waals surface area contributed by atoms with Crippen molar-refractivity contribution in [3.8, 4) is 0 Å². The maximum atomic E-state index is 12.9. The van der Waals surface area contributed by atoms with E-state index in [0.717, 1.165) is 23.9 Å². The highest BCUT2D eigenvalue weighted by Crippen LogP contribution is 2.31. The van der Waals surface area contributed by atoms with E-state index in [0.29, 0.717) is 17.1 Å². The molecule has 3 aromatic rings. The van der Waals surface area contributed by atoms with Crippen molar-refractivity contribution < 1.29 is 4.79 Å². The molecule has 0 fully saturated rings. The van der Waals surface area contributed by atoms with Crippen molar-refractivity contribution in [1.82, 2.24) is 15.2 Å². The molecule has 0 bridgehead atoms. The molecule has 140 valence electrons. The van der Waals surface area contributed by atoms with E-state index in [-0.39, 0.29) is 11.9 Å². The van der Waals surface area contributed by atoms with Crippen LogP contribution in [0.15, 0.2) is 42.5 Å². The van der Waals surface area contributed by atoms with Gasteiger partial charge >= 0.3 is 0 Å². The van der Waals surface area contributed by atoms with Crippen LogP contribution in [0.25, 0.3) is 10.9 Å². The molecule has 0 spiro atoms. The molecule has 0 saturated carbocycles. The molecule has 1 aliphatic carbocycles. The average Bonchev–Trinajstić information content (AvgIpc) is 3.24. The highest BCUT2D eigenvalue weighted by atomic mass is 35.5. The fourth-order valence-electron chi connectivity index (χ4n) is 4.06. The van der Waals surface area contributed by atoms with Gasteiger partial charge in [-0.2, -0.15) is 0 Å². The van der Waals surface area contributed by atoms with Crippen LogP contribution < -0.4 is 5.32 Å². The minimum Gasteiger partial charge on any atom is -0.358 e. The van der Waals surface area contributed by atoms with Crippen molar-refractivity contribution in [2.45, 2.75) is 25.3 Å². The first-order valence-corrected chi connectivity index (χ1v) is 9.75. The number of likely N-dealkylation sites (N-methyl/N-ethyl adjacent to an activating group) is 1. The van der Waals surface area contributed by atoms with Gasteiger partial charge < -0.3 is 15.2 Å². The number of carbonyl (C=O) groups is 1. The third-order valence-corrected chi connectivity index (χ3v) is 5.82. The van der Waals surface area contributed by atoms with Crippen LogP contribution in [0.1, 0.15) is 39.6 Å². The standard InChI is InChI=1S/C22H24ClN3O/c1-26(2)20(16-7-3-4-11-18(16)23)13-24-22(27)17-10-5-9-15-14-8-6-12-19(14)25-21(15)17/h3-5,7,9-11,20,25H,6,8,12-13H2,1-2H3,(H,24,27)/t20-/m1/s1. The maximum Gasteiger partial charge on any atom is 0.253 e. The number of aromatic nitrogens is 1. The Hall–Kier alpha value is -2.30. The number of rotatable bonds is 5. The number of nitrogens with zero attached hydrogens (tertiary/aromatic N) is 1. The average molecular weight is 382 g/mol.